The maximum absolute atomic E-state index is 12.1. The van der Waals surface area contributed by atoms with Crippen LogP contribution in [0.15, 0.2) is 36.7 Å². The molecule has 1 aromatic carbocycles. The van der Waals surface area contributed by atoms with Gasteiger partial charge in [0.25, 0.3) is 0 Å². The van der Waals surface area contributed by atoms with Crippen molar-refractivity contribution in [1.29, 1.82) is 0 Å². The number of nitrogens with zero attached hydrogens (tertiary/aromatic N) is 3. The molecule has 0 fully saturated rings. The third-order valence-corrected chi connectivity index (χ3v) is 4.27. The van der Waals surface area contributed by atoms with E-state index in [1.165, 1.54) is 16.6 Å². The van der Waals surface area contributed by atoms with Gasteiger partial charge in [-0.25, -0.2) is 9.67 Å². The number of unbranched alkanes of at least 4 members (excludes halogenated alkanes) is 1. The number of benzene rings is 1. The van der Waals surface area contributed by atoms with Gasteiger partial charge in [-0.3, -0.25) is 4.79 Å². The van der Waals surface area contributed by atoms with Crippen molar-refractivity contribution >= 4 is 37.8 Å². The molecule has 0 aliphatic rings. The van der Waals surface area contributed by atoms with Gasteiger partial charge >= 0.3 is 7.12 Å². The minimum Gasteiger partial charge on any atom is -0.426 e. The number of carbonyl (C=O) groups is 1. The van der Waals surface area contributed by atoms with E-state index in [0.717, 1.165) is 25.7 Å². The number of hydrogen-bond acceptors (Lipinski definition) is 6. The summed E-state index contributed by atoms with van der Waals surface area (Å²) >= 11 is 0. The first-order valence-corrected chi connectivity index (χ1v) is 9.36. The summed E-state index contributed by atoms with van der Waals surface area (Å²) in [5.74, 6) is -0.347. The SMILES string of the molecule is Cl.Cl.NCCCC[C@H](NC(=O)Cn1cnc(CCCc2ccccc2)n1)B(O)O. The summed E-state index contributed by atoms with van der Waals surface area (Å²) in [6.45, 7) is 0.528. The maximum atomic E-state index is 12.1. The Balaban J connectivity index is 0.00000392. The largest absolute Gasteiger partial charge is 0.475 e. The van der Waals surface area contributed by atoms with Crippen LogP contribution in [0.5, 0.6) is 0 Å². The molecule has 8 nitrogen and oxygen atoms in total. The molecule has 0 bridgehead atoms. The second-order valence-corrected chi connectivity index (χ2v) is 6.57. The summed E-state index contributed by atoms with van der Waals surface area (Å²) in [7, 11) is -1.60. The van der Waals surface area contributed by atoms with Crippen LogP contribution in [0.4, 0.5) is 0 Å². The van der Waals surface area contributed by atoms with Gasteiger partial charge in [-0.05, 0) is 37.8 Å². The molecule has 0 aliphatic heterocycles. The molecule has 0 saturated heterocycles. The second-order valence-electron chi connectivity index (χ2n) is 6.57. The standard InChI is InChI=1S/C18H28BN5O3.2ClH/c20-12-5-4-10-16(19(26)27)22-18(25)13-24-14-21-17(23-24)11-6-9-15-7-2-1-3-8-15;;/h1-3,7-8,14,16,26-27H,4-6,9-13,20H2,(H,22,25);2*1H/t16-;;/m0../s1. The Morgan fingerprint density at radius 1 is 1.14 bits per heavy atom. The number of rotatable bonds is 12. The predicted octanol–water partition coefficient (Wildman–Crippen LogP) is 0.923. The van der Waals surface area contributed by atoms with Gasteiger partial charge in [0.15, 0.2) is 5.82 Å². The molecule has 1 atom stereocenters. The number of halogens is 2. The van der Waals surface area contributed by atoms with Gasteiger partial charge < -0.3 is 21.1 Å². The molecule has 0 unspecified atom stereocenters. The average molecular weight is 446 g/mol. The van der Waals surface area contributed by atoms with Crippen molar-refractivity contribution in [2.45, 2.75) is 51.0 Å². The summed E-state index contributed by atoms with van der Waals surface area (Å²) in [5.41, 5.74) is 6.71. The van der Waals surface area contributed by atoms with Crippen LogP contribution in [0, 0.1) is 0 Å². The highest BCUT2D eigenvalue weighted by Gasteiger charge is 2.24. The molecule has 5 N–H and O–H groups in total. The summed E-state index contributed by atoms with van der Waals surface area (Å²) in [5, 5.41) is 25.7. The van der Waals surface area contributed by atoms with E-state index in [1.807, 2.05) is 18.2 Å². The lowest BCUT2D eigenvalue weighted by Crippen LogP contribution is -2.47. The molecule has 0 radical (unpaired) electrons. The van der Waals surface area contributed by atoms with Gasteiger partial charge in [-0.2, -0.15) is 5.10 Å². The monoisotopic (exact) mass is 445 g/mol. The van der Waals surface area contributed by atoms with Crippen LogP contribution in [0.3, 0.4) is 0 Å². The quantitative estimate of drug-likeness (QED) is 0.284. The topological polar surface area (TPSA) is 126 Å². The highest BCUT2D eigenvalue weighted by atomic mass is 35.5. The van der Waals surface area contributed by atoms with E-state index in [9.17, 15) is 14.8 Å². The van der Waals surface area contributed by atoms with Crippen molar-refractivity contribution in [3.63, 3.8) is 0 Å². The van der Waals surface area contributed by atoms with Crippen LogP contribution in [0.25, 0.3) is 0 Å². The average Bonchev–Trinajstić information content (AvgIpc) is 3.09. The zero-order valence-corrected chi connectivity index (χ0v) is 17.9. The first-order chi connectivity index (χ1) is 13.1. The zero-order chi connectivity index (χ0) is 19.5. The fourth-order valence-corrected chi connectivity index (χ4v) is 2.82. The van der Waals surface area contributed by atoms with Crippen molar-refractivity contribution in [2.75, 3.05) is 6.54 Å². The molecule has 1 aromatic heterocycles. The lowest BCUT2D eigenvalue weighted by molar-refractivity contribution is -0.122. The van der Waals surface area contributed by atoms with E-state index in [-0.39, 0.29) is 37.3 Å². The Hall–Kier alpha value is -1.65. The van der Waals surface area contributed by atoms with Crippen LogP contribution in [-0.2, 0) is 24.2 Å². The van der Waals surface area contributed by atoms with E-state index in [4.69, 9.17) is 5.73 Å². The van der Waals surface area contributed by atoms with Gasteiger partial charge in [0, 0.05) is 6.42 Å². The van der Waals surface area contributed by atoms with Crippen LogP contribution in [-0.4, -0.2) is 50.3 Å². The minimum absolute atomic E-state index is 0. The highest BCUT2D eigenvalue weighted by Crippen LogP contribution is 2.06. The summed E-state index contributed by atoms with van der Waals surface area (Å²) in [6, 6.07) is 10.2. The van der Waals surface area contributed by atoms with Crippen LogP contribution in [0.2, 0.25) is 0 Å². The first kappa shape index (κ1) is 27.4. The lowest BCUT2D eigenvalue weighted by atomic mass is 9.76. The number of hydrogen-bond donors (Lipinski definition) is 4. The lowest BCUT2D eigenvalue weighted by Gasteiger charge is -2.17. The number of nitrogens with two attached hydrogens (primary N) is 1. The van der Waals surface area contributed by atoms with E-state index >= 15 is 0 Å². The Labute approximate surface area is 184 Å². The van der Waals surface area contributed by atoms with Crippen LogP contribution in [0.1, 0.15) is 37.1 Å². The number of aryl methyl sites for hydroxylation is 2. The van der Waals surface area contributed by atoms with E-state index in [1.54, 1.807) is 0 Å². The zero-order valence-electron chi connectivity index (χ0n) is 16.3. The fourth-order valence-electron chi connectivity index (χ4n) is 2.82. The minimum atomic E-state index is -1.60. The fraction of sp³-hybridized carbons (Fsp3) is 0.500. The molecular formula is C18H30BCl2N5O3. The molecule has 162 valence electrons. The van der Waals surface area contributed by atoms with Crippen molar-refractivity contribution < 1.29 is 14.8 Å². The number of carbonyl (C=O) groups excluding carboxylic acids is 1. The molecule has 2 aromatic rings. The van der Waals surface area contributed by atoms with Crippen LogP contribution < -0.4 is 11.1 Å². The predicted molar refractivity (Wildman–Crippen MR) is 118 cm³/mol. The maximum Gasteiger partial charge on any atom is 0.475 e. The molecule has 11 heteroatoms. The van der Waals surface area contributed by atoms with E-state index in [0.29, 0.717) is 25.2 Å². The second kappa shape index (κ2) is 15.2. The van der Waals surface area contributed by atoms with Crippen molar-refractivity contribution in [3.05, 3.63) is 48.0 Å². The summed E-state index contributed by atoms with van der Waals surface area (Å²) in [6.07, 6.45) is 6.09. The Kier molecular flexibility index (Phi) is 14.4. The molecule has 0 aliphatic carbocycles. The van der Waals surface area contributed by atoms with E-state index < -0.39 is 13.1 Å². The Bertz CT molecular complexity index is 691. The smallest absolute Gasteiger partial charge is 0.426 e. The summed E-state index contributed by atoms with van der Waals surface area (Å²) < 4.78 is 1.47. The molecule has 29 heavy (non-hydrogen) atoms. The van der Waals surface area contributed by atoms with Gasteiger partial charge in [0.1, 0.15) is 12.9 Å². The Morgan fingerprint density at radius 2 is 1.86 bits per heavy atom. The van der Waals surface area contributed by atoms with Crippen LogP contribution >= 0.6 is 24.8 Å². The normalized spacial score (nSPS) is 11.1. The van der Waals surface area contributed by atoms with Gasteiger partial charge in [-0.15, -0.1) is 24.8 Å². The molecule has 1 amide bonds. The van der Waals surface area contributed by atoms with E-state index in [2.05, 4.69) is 27.5 Å². The number of nitrogens with one attached hydrogen (secondary N) is 1. The highest BCUT2D eigenvalue weighted by molar-refractivity contribution is 6.43. The molecule has 0 spiro atoms. The molecule has 2 rings (SSSR count). The van der Waals surface area contributed by atoms with Gasteiger partial charge in [0.2, 0.25) is 5.91 Å². The Morgan fingerprint density at radius 3 is 2.52 bits per heavy atom. The van der Waals surface area contributed by atoms with Gasteiger partial charge in [-0.1, -0.05) is 36.8 Å². The molecular weight excluding hydrogens is 416 g/mol. The summed E-state index contributed by atoms with van der Waals surface area (Å²) in [4.78, 5) is 16.4. The van der Waals surface area contributed by atoms with Crippen molar-refractivity contribution in [1.82, 2.24) is 20.1 Å². The number of amides is 1. The van der Waals surface area contributed by atoms with Crippen molar-refractivity contribution in [2.24, 2.45) is 5.73 Å². The third-order valence-electron chi connectivity index (χ3n) is 4.27. The molecule has 0 saturated carbocycles. The van der Waals surface area contributed by atoms with Gasteiger partial charge in [0.05, 0.1) is 5.94 Å². The van der Waals surface area contributed by atoms with Crippen molar-refractivity contribution in [3.8, 4) is 0 Å². The number of aromatic nitrogens is 3. The first-order valence-electron chi connectivity index (χ1n) is 9.36. The third kappa shape index (κ3) is 10.6. The molecule has 1 heterocycles.